The Morgan fingerprint density at radius 2 is 1.35 bits per heavy atom. The molecule has 0 aliphatic heterocycles. The van der Waals surface area contributed by atoms with Gasteiger partial charge in [-0.05, 0) is 47.7 Å². The lowest BCUT2D eigenvalue weighted by molar-refractivity contribution is 0.184. The van der Waals surface area contributed by atoms with Gasteiger partial charge in [-0.2, -0.15) is 0 Å². The molecule has 2 aromatic rings. The zero-order valence-corrected chi connectivity index (χ0v) is 14.2. The average molecular weight is 314 g/mol. The van der Waals surface area contributed by atoms with Crippen molar-refractivity contribution in [1.29, 1.82) is 0 Å². The van der Waals surface area contributed by atoms with Crippen LogP contribution in [0.5, 0.6) is 11.5 Å². The summed E-state index contributed by atoms with van der Waals surface area (Å²) in [5, 5.41) is 0. The van der Waals surface area contributed by atoms with E-state index in [-0.39, 0.29) is 0 Å². The molecular formula is C20H26O3. The molecule has 23 heavy (non-hydrogen) atoms. The van der Waals surface area contributed by atoms with Gasteiger partial charge in [-0.3, -0.25) is 0 Å². The van der Waals surface area contributed by atoms with E-state index in [1.54, 1.807) is 7.11 Å². The van der Waals surface area contributed by atoms with E-state index in [4.69, 9.17) is 14.2 Å². The number of methoxy groups -OCH3 is 1. The van der Waals surface area contributed by atoms with Crippen molar-refractivity contribution < 1.29 is 14.2 Å². The van der Waals surface area contributed by atoms with Crippen LogP contribution in [0.3, 0.4) is 0 Å². The molecule has 0 amide bonds. The van der Waals surface area contributed by atoms with Gasteiger partial charge in [0.05, 0.1) is 6.61 Å². The van der Waals surface area contributed by atoms with Crippen LogP contribution in [0.4, 0.5) is 0 Å². The second kappa shape index (κ2) is 9.21. The van der Waals surface area contributed by atoms with E-state index in [0.29, 0.717) is 25.7 Å². The smallest absolute Gasteiger partial charge is 0.122 e. The predicted molar refractivity (Wildman–Crippen MR) is 93.3 cm³/mol. The molecule has 0 N–H and O–H groups in total. The fraction of sp³-hybridized carbons (Fsp3) is 0.400. The molecule has 0 bridgehead atoms. The predicted octanol–water partition coefficient (Wildman–Crippen LogP) is 4.80. The summed E-state index contributed by atoms with van der Waals surface area (Å²) in [5.41, 5.74) is 2.49. The summed E-state index contributed by atoms with van der Waals surface area (Å²) in [6.45, 7) is 6.12. The molecule has 0 heterocycles. The molecule has 2 aromatic carbocycles. The molecule has 0 saturated heterocycles. The first-order valence-electron chi connectivity index (χ1n) is 8.16. The van der Waals surface area contributed by atoms with Gasteiger partial charge in [0, 0.05) is 7.11 Å². The van der Waals surface area contributed by atoms with Crippen molar-refractivity contribution in [3.05, 3.63) is 59.7 Å². The molecular weight excluding hydrogens is 288 g/mol. The lowest BCUT2D eigenvalue weighted by Gasteiger charge is -2.11. The zero-order chi connectivity index (χ0) is 16.5. The van der Waals surface area contributed by atoms with Crippen molar-refractivity contribution >= 4 is 0 Å². The van der Waals surface area contributed by atoms with E-state index >= 15 is 0 Å². The lowest BCUT2D eigenvalue weighted by atomic mass is 9.99. The molecule has 0 fully saturated rings. The highest BCUT2D eigenvalue weighted by atomic mass is 16.5. The number of benzene rings is 2. The maximum Gasteiger partial charge on any atom is 0.122 e. The quantitative estimate of drug-likeness (QED) is 0.622. The van der Waals surface area contributed by atoms with Crippen LogP contribution >= 0.6 is 0 Å². The molecule has 0 spiro atoms. The van der Waals surface area contributed by atoms with Gasteiger partial charge in [0.25, 0.3) is 0 Å². The number of rotatable bonds is 9. The Balaban J connectivity index is 1.72. The summed E-state index contributed by atoms with van der Waals surface area (Å²) in [6, 6.07) is 16.3. The van der Waals surface area contributed by atoms with Crippen molar-refractivity contribution in [2.45, 2.75) is 32.8 Å². The third-order valence-corrected chi connectivity index (χ3v) is 3.92. The Bertz CT molecular complexity index is 560. The van der Waals surface area contributed by atoms with Gasteiger partial charge in [-0.1, -0.05) is 38.1 Å². The van der Waals surface area contributed by atoms with E-state index in [1.807, 2.05) is 36.4 Å². The summed E-state index contributed by atoms with van der Waals surface area (Å²) in [5.74, 6) is 2.32. The highest BCUT2D eigenvalue weighted by molar-refractivity contribution is 5.29. The minimum atomic E-state index is 0.525. The van der Waals surface area contributed by atoms with Gasteiger partial charge >= 0.3 is 0 Å². The van der Waals surface area contributed by atoms with E-state index in [1.165, 1.54) is 5.56 Å². The van der Waals surface area contributed by atoms with Crippen molar-refractivity contribution in [3.63, 3.8) is 0 Å². The van der Waals surface area contributed by atoms with Gasteiger partial charge in [0.2, 0.25) is 0 Å². The summed E-state index contributed by atoms with van der Waals surface area (Å²) in [7, 11) is 1.69. The first-order chi connectivity index (χ1) is 11.2. The first kappa shape index (κ1) is 17.4. The molecule has 124 valence electrons. The number of ether oxygens (including phenoxy) is 3. The van der Waals surface area contributed by atoms with E-state index in [0.717, 1.165) is 23.5 Å². The van der Waals surface area contributed by atoms with Gasteiger partial charge in [-0.25, -0.2) is 0 Å². The van der Waals surface area contributed by atoms with Crippen molar-refractivity contribution in [1.82, 2.24) is 0 Å². The summed E-state index contributed by atoms with van der Waals surface area (Å²) in [4.78, 5) is 0. The first-order valence-corrected chi connectivity index (χ1v) is 8.16. The van der Waals surface area contributed by atoms with Crippen LogP contribution in [0.25, 0.3) is 0 Å². The van der Waals surface area contributed by atoms with Gasteiger partial charge in [0.1, 0.15) is 24.7 Å². The van der Waals surface area contributed by atoms with Crippen LogP contribution in [0, 0.1) is 0 Å². The third kappa shape index (κ3) is 5.61. The lowest BCUT2D eigenvalue weighted by Crippen LogP contribution is -2.09. The minimum absolute atomic E-state index is 0.525. The SMILES string of the molecule is CCC(C)c1ccc(OCCOc2ccc(COC)cc2)cc1. The van der Waals surface area contributed by atoms with Gasteiger partial charge in [0.15, 0.2) is 0 Å². The Kier molecular flexibility index (Phi) is 6.95. The molecule has 2 rings (SSSR count). The maximum absolute atomic E-state index is 5.71. The molecule has 0 radical (unpaired) electrons. The number of hydrogen-bond acceptors (Lipinski definition) is 3. The van der Waals surface area contributed by atoms with Gasteiger partial charge in [-0.15, -0.1) is 0 Å². The molecule has 1 unspecified atom stereocenters. The third-order valence-electron chi connectivity index (χ3n) is 3.92. The normalized spacial score (nSPS) is 12.0. The average Bonchev–Trinajstić information content (AvgIpc) is 2.60. The second-order valence-corrected chi connectivity index (χ2v) is 5.65. The molecule has 0 aromatic heterocycles. The van der Waals surface area contributed by atoms with E-state index in [2.05, 4.69) is 26.0 Å². The zero-order valence-electron chi connectivity index (χ0n) is 14.2. The Hall–Kier alpha value is -2.00. The van der Waals surface area contributed by atoms with Crippen LogP contribution < -0.4 is 9.47 Å². The van der Waals surface area contributed by atoms with Crippen LogP contribution in [-0.4, -0.2) is 20.3 Å². The van der Waals surface area contributed by atoms with Crippen LogP contribution in [-0.2, 0) is 11.3 Å². The molecule has 3 nitrogen and oxygen atoms in total. The Morgan fingerprint density at radius 3 is 1.83 bits per heavy atom. The highest BCUT2D eigenvalue weighted by Crippen LogP contribution is 2.21. The minimum Gasteiger partial charge on any atom is -0.490 e. The Labute approximate surface area is 139 Å². The van der Waals surface area contributed by atoms with Crippen LogP contribution in [0.2, 0.25) is 0 Å². The van der Waals surface area contributed by atoms with Crippen LogP contribution in [0.15, 0.2) is 48.5 Å². The molecule has 3 heteroatoms. The topological polar surface area (TPSA) is 27.7 Å². The van der Waals surface area contributed by atoms with E-state index < -0.39 is 0 Å². The van der Waals surface area contributed by atoms with E-state index in [9.17, 15) is 0 Å². The van der Waals surface area contributed by atoms with Crippen LogP contribution in [0.1, 0.15) is 37.3 Å². The van der Waals surface area contributed by atoms with Gasteiger partial charge < -0.3 is 14.2 Å². The Morgan fingerprint density at radius 1 is 0.826 bits per heavy atom. The summed E-state index contributed by atoms with van der Waals surface area (Å²) in [6.07, 6.45) is 1.15. The maximum atomic E-state index is 5.71. The monoisotopic (exact) mass is 314 g/mol. The number of hydrogen-bond donors (Lipinski definition) is 0. The molecule has 0 aliphatic rings. The largest absolute Gasteiger partial charge is 0.490 e. The fourth-order valence-corrected chi connectivity index (χ4v) is 2.30. The summed E-state index contributed by atoms with van der Waals surface area (Å²) < 4.78 is 16.5. The highest BCUT2D eigenvalue weighted by Gasteiger charge is 2.03. The fourth-order valence-electron chi connectivity index (χ4n) is 2.30. The molecule has 1 atom stereocenters. The van der Waals surface area contributed by atoms with Crippen molar-refractivity contribution in [2.75, 3.05) is 20.3 Å². The second-order valence-electron chi connectivity index (χ2n) is 5.65. The van der Waals surface area contributed by atoms with Crippen molar-refractivity contribution in [3.8, 4) is 11.5 Å². The molecule has 0 saturated carbocycles. The summed E-state index contributed by atoms with van der Waals surface area (Å²) >= 11 is 0. The molecule has 0 aliphatic carbocycles. The standard InChI is InChI=1S/C20H26O3/c1-4-16(2)18-7-11-20(12-8-18)23-14-13-22-19-9-5-17(6-10-19)15-21-3/h5-12,16H,4,13-15H2,1-3H3. The van der Waals surface area contributed by atoms with Crippen molar-refractivity contribution in [2.24, 2.45) is 0 Å².